The molecule has 1 heterocycles. The maximum Gasteiger partial charge on any atom is 0.234 e. The van der Waals surface area contributed by atoms with Crippen LogP contribution in [0.5, 0.6) is 0 Å². The van der Waals surface area contributed by atoms with Gasteiger partial charge in [-0.15, -0.1) is 0 Å². The summed E-state index contributed by atoms with van der Waals surface area (Å²) in [4.78, 5) is 27.9. The van der Waals surface area contributed by atoms with Gasteiger partial charge >= 0.3 is 0 Å². The number of carbonyl (C=O) groups excluding carboxylic acids is 2. The third-order valence-corrected chi connectivity index (χ3v) is 4.52. The van der Waals surface area contributed by atoms with Crippen LogP contribution < -0.4 is 11.1 Å². The monoisotopic (exact) mass is 296 g/mol. The van der Waals surface area contributed by atoms with Crippen molar-refractivity contribution < 1.29 is 9.59 Å². The predicted octanol–water partition coefficient (Wildman–Crippen LogP) is -0.0717. The van der Waals surface area contributed by atoms with E-state index >= 15 is 0 Å². The second-order valence-corrected chi connectivity index (χ2v) is 6.40. The van der Waals surface area contributed by atoms with Crippen molar-refractivity contribution in [1.29, 1.82) is 0 Å². The van der Waals surface area contributed by atoms with Crippen molar-refractivity contribution >= 4 is 11.8 Å². The molecule has 2 amide bonds. The molecule has 1 saturated heterocycles. The molecule has 0 aromatic rings. The van der Waals surface area contributed by atoms with E-state index in [4.69, 9.17) is 5.73 Å². The highest BCUT2D eigenvalue weighted by Gasteiger charge is 2.36. The summed E-state index contributed by atoms with van der Waals surface area (Å²) >= 11 is 0. The maximum atomic E-state index is 12.2. The second kappa shape index (κ2) is 7.22. The topological polar surface area (TPSA) is 78.7 Å². The Morgan fingerprint density at radius 1 is 1.19 bits per heavy atom. The van der Waals surface area contributed by atoms with E-state index in [1.165, 1.54) is 0 Å². The van der Waals surface area contributed by atoms with Crippen LogP contribution in [0.15, 0.2) is 0 Å². The number of piperazine rings is 1. The highest BCUT2D eigenvalue weighted by Crippen LogP contribution is 2.32. The van der Waals surface area contributed by atoms with Crippen LogP contribution in [0.25, 0.3) is 0 Å². The molecule has 0 aromatic heterocycles. The van der Waals surface area contributed by atoms with Gasteiger partial charge in [0.2, 0.25) is 11.8 Å². The quantitative estimate of drug-likeness (QED) is 0.719. The van der Waals surface area contributed by atoms with Gasteiger partial charge in [-0.25, -0.2) is 0 Å². The highest BCUT2D eigenvalue weighted by atomic mass is 16.2. The van der Waals surface area contributed by atoms with E-state index in [1.54, 1.807) is 0 Å². The first kappa shape index (κ1) is 16.2. The first-order valence-electron chi connectivity index (χ1n) is 8.08. The zero-order valence-electron chi connectivity index (χ0n) is 13.1. The van der Waals surface area contributed by atoms with E-state index in [-0.39, 0.29) is 17.4 Å². The summed E-state index contributed by atoms with van der Waals surface area (Å²) in [6, 6.07) is 0. The molecule has 21 heavy (non-hydrogen) atoms. The van der Waals surface area contributed by atoms with Gasteiger partial charge < -0.3 is 16.0 Å². The molecule has 1 saturated carbocycles. The van der Waals surface area contributed by atoms with Gasteiger partial charge in [0.1, 0.15) is 0 Å². The molecule has 2 rings (SSSR count). The molecule has 0 bridgehead atoms. The molecule has 0 atom stereocenters. The average Bonchev–Trinajstić information content (AvgIpc) is 2.44. The fourth-order valence-corrected chi connectivity index (χ4v) is 2.90. The SMILES string of the molecule is CCCNC(=O)CN1CCN(C(=O)CC2(N)CCC2)CC1. The van der Waals surface area contributed by atoms with Gasteiger partial charge in [0.15, 0.2) is 0 Å². The van der Waals surface area contributed by atoms with Gasteiger partial charge in [-0.1, -0.05) is 6.92 Å². The number of nitrogens with one attached hydrogen (secondary N) is 1. The van der Waals surface area contributed by atoms with Crippen molar-refractivity contribution in [2.75, 3.05) is 39.3 Å². The summed E-state index contributed by atoms with van der Waals surface area (Å²) in [5.41, 5.74) is 5.90. The number of rotatable bonds is 6. The number of nitrogens with zero attached hydrogens (tertiary/aromatic N) is 2. The third kappa shape index (κ3) is 4.68. The van der Waals surface area contributed by atoms with Gasteiger partial charge in [0, 0.05) is 44.7 Å². The zero-order chi connectivity index (χ0) is 15.3. The van der Waals surface area contributed by atoms with Crippen LogP contribution >= 0.6 is 0 Å². The zero-order valence-corrected chi connectivity index (χ0v) is 13.1. The van der Waals surface area contributed by atoms with Crippen molar-refractivity contribution in [2.45, 2.75) is 44.6 Å². The van der Waals surface area contributed by atoms with Crippen molar-refractivity contribution in [1.82, 2.24) is 15.1 Å². The molecular formula is C15H28N4O2. The Bertz CT molecular complexity index is 374. The minimum atomic E-state index is -0.242. The molecule has 120 valence electrons. The minimum Gasteiger partial charge on any atom is -0.355 e. The molecule has 6 heteroatoms. The number of hydrogen-bond acceptors (Lipinski definition) is 4. The molecule has 0 aromatic carbocycles. The summed E-state index contributed by atoms with van der Waals surface area (Å²) < 4.78 is 0. The summed E-state index contributed by atoms with van der Waals surface area (Å²) in [5.74, 6) is 0.249. The van der Waals surface area contributed by atoms with Gasteiger partial charge in [-0.2, -0.15) is 0 Å². The molecule has 2 fully saturated rings. The first-order chi connectivity index (χ1) is 10.0. The molecule has 3 N–H and O–H groups in total. The van der Waals surface area contributed by atoms with Crippen LogP contribution in [0.2, 0.25) is 0 Å². The van der Waals surface area contributed by atoms with Gasteiger partial charge in [-0.3, -0.25) is 14.5 Å². The smallest absolute Gasteiger partial charge is 0.234 e. The molecule has 1 aliphatic carbocycles. The molecular weight excluding hydrogens is 268 g/mol. The van der Waals surface area contributed by atoms with E-state index in [0.717, 1.165) is 45.3 Å². The Morgan fingerprint density at radius 2 is 1.86 bits per heavy atom. The molecule has 2 aliphatic rings. The van der Waals surface area contributed by atoms with Crippen molar-refractivity contribution in [3.05, 3.63) is 0 Å². The van der Waals surface area contributed by atoms with E-state index < -0.39 is 0 Å². The predicted molar refractivity (Wildman–Crippen MR) is 81.7 cm³/mol. The number of amides is 2. The van der Waals surface area contributed by atoms with Gasteiger partial charge in [0.05, 0.1) is 6.54 Å². The Labute approximate surface area is 127 Å². The van der Waals surface area contributed by atoms with Crippen molar-refractivity contribution in [3.63, 3.8) is 0 Å². The summed E-state index contributed by atoms with van der Waals surface area (Å²) in [7, 11) is 0. The minimum absolute atomic E-state index is 0.0759. The largest absolute Gasteiger partial charge is 0.355 e. The lowest BCUT2D eigenvalue weighted by molar-refractivity contribution is -0.135. The van der Waals surface area contributed by atoms with E-state index in [9.17, 15) is 9.59 Å². The fraction of sp³-hybridized carbons (Fsp3) is 0.867. The summed E-state index contributed by atoms with van der Waals surface area (Å²) in [6.07, 6.45) is 4.51. The normalized spacial score (nSPS) is 21.7. The molecule has 1 aliphatic heterocycles. The number of hydrogen-bond donors (Lipinski definition) is 2. The standard InChI is InChI=1S/C15H28N4O2/c1-2-6-17-13(20)12-18-7-9-19(10-8-18)14(21)11-15(16)4-3-5-15/h2-12,16H2,1H3,(H,17,20). The molecule has 6 nitrogen and oxygen atoms in total. The van der Waals surface area contributed by atoms with Crippen molar-refractivity contribution in [3.8, 4) is 0 Å². The Balaban J connectivity index is 1.67. The Kier molecular flexibility index (Phi) is 5.58. The Hall–Kier alpha value is -1.14. The van der Waals surface area contributed by atoms with Crippen LogP contribution in [0.1, 0.15) is 39.0 Å². The molecule has 0 unspecified atom stereocenters. The first-order valence-corrected chi connectivity index (χ1v) is 8.08. The summed E-state index contributed by atoms with van der Waals surface area (Å²) in [6.45, 7) is 6.15. The fourth-order valence-electron chi connectivity index (χ4n) is 2.90. The second-order valence-electron chi connectivity index (χ2n) is 6.40. The highest BCUT2D eigenvalue weighted by molar-refractivity contribution is 5.79. The third-order valence-electron chi connectivity index (χ3n) is 4.52. The summed E-state index contributed by atoms with van der Waals surface area (Å²) in [5, 5.41) is 2.88. The van der Waals surface area contributed by atoms with Crippen LogP contribution in [-0.2, 0) is 9.59 Å². The number of carbonyl (C=O) groups is 2. The average molecular weight is 296 g/mol. The Morgan fingerprint density at radius 3 is 2.38 bits per heavy atom. The van der Waals surface area contributed by atoms with Gasteiger partial charge in [-0.05, 0) is 25.7 Å². The number of nitrogens with two attached hydrogens (primary N) is 1. The van der Waals surface area contributed by atoms with E-state index in [1.807, 2.05) is 11.8 Å². The van der Waals surface area contributed by atoms with Crippen molar-refractivity contribution in [2.24, 2.45) is 5.73 Å². The van der Waals surface area contributed by atoms with E-state index in [2.05, 4.69) is 10.2 Å². The van der Waals surface area contributed by atoms with Gasteiger partial charge in [0.25, 0.3) is 0 Å². The molecule has 0 radical (unpaired) electrons. The lowest BCUT2D eigenvalue weighted by Gasteiger charge is -2.40. The molecule has 0 spiro atoms. The lowest BCUT2D eigenvalue weighted by atomic mass is 9.75. The van der Waals surface area contributed by atoms with Crippen LogP contribution in [0.3, 0.4) is 0 Å². The van der Waals surface area contributed by atoms with E-state index in [0.29, 0.717) is 26.1 Å². The van der Waals surface area contributed by atoms with Crippen LogP contribution in [0.4, 0.5) is 0 Å². The van der Waals surface area contributed by atoms with Crippen LogP contribution in [-0.4, -0.2) is 66.4 Å². The maximum absolute atomic E-state index is 12.2. The van der Waals surface area contributed by atoms with Crippen LogP contribution in [0, 0.1) is 0 Å². The lowest BCUT2D eigenvalue weighted by Crippen LogP contribution is -2.55.